The Labute approximate surface area is 797 Å². The molecule has 1 saturated carbocycles. The second kappa shape index (κ2) is 53.1. The molecule has 0 radical (unpaired) electrons. The molecule has 0 spiro atoms. The van der Waals surface area contributed by atoms with Crippen LogP contribution in [0, 0.1) is 17.8 Å². The fourth-order valence-electron chi connectivity index (χ4n) is 17.6. The number of thioether (sulfide) groups is 1. The number of aromatic amines is 1. The Morgan fingerprint density at radius 2 is 1.14 bits per heavy atom. The quantitative estimate of drug-likeness (QED) is 0.0257. The number of carboxylic acid groups (broad SMARTS) is 3. The van der Waals surface area contributed by atoms with E-state index < -0.39 is 272 Å². The molecule has 1 aliphatic carbocycles. The molecule has 2 aliphatic heterocycles. The van der Waals surface area contributed by atoms with E-state index in [2.05, 4.69) is 47.5 Å². The number of nitrogens with one attached hydrogen (secondary N) is 9. The average Bonchev–Trinajstić information content (AvgIpc) is 1.64. The monoisotopic (exact) mass is 1930 g/mol. The summed E-state index contributed by atoms with van der Waals surface area (Å²) in [4.78, 5) is 282. The van der Waals surface area contributed by atoms with Gasteiger partial charge in [0, 0.05) is 131 Å². The molecule has 2 saturated heterocycles. The summed E-state index contributed by atoms with van der Waals surface area (Å²) in [5.41, 5.74) is 26.3. The first-order valence-corrected chi connectivity index (χ1v) is 47.6. The number of aromatic nitrogens is 2. The Morgan fingerprint density at radius 3 is 1.79 bits per heavy atom. The lowest BCUT2D eigenvalue weighted by Crippen LogP contribution is -2.60. The Bertz CT molecular complexity index is 5140. The Morgan fingerprint density at radius 1 is 0.533 bits per heavy atom. The number of likely N-dealkylation sites (N-methyl/N-ethyl adjacent to an activating group) is 3. The van der Waals surface area contributed by atoms with Crippen molar-refractivity contribution in [1.82, 2.24) is 71.7 Å². The molecule has 2 aromatic heterocycles. The summed E-state index contributed by atoms with van der Waals surface area (Å²) in [6, 6.07) is 1.08. The maximum absolute atomic E-state index is 16.0. The van der Waals surface area contributed by atoms with Gasteiger partial charge in [-0.2, -0.15) is 0 Å². The third-order valence-corrected chi connectivity index (χ3v) is 26.5. The van der Waals surface area contributed by atoms with Gasteiger partial charge in [0.25, 0.3) is 0 Å². The molecule has 4 heterocycles. The molecule has 13 amide bonds. The number of hydrogen-bond acceptors (Lipinski definition) is 25. The van der Waals surface area contributed by atoms with Crippen LogP contribution in [0.15, 0.2) is 85.2 Å². The number of ketones is 3. The van der Waals surface area contributed by atoms with Gasteiger partial charge in [-0.3, -0.25) is 91.1 Å². The van der Waals surface area contributed by atoms with Crippen LogP contribution < -0.4 is 70.2 Å². The molecule has 43 heteroatoms. The number of nitrogens with zero attached hydrogens (tertiary/aromatic N) is 5. The van der Waals surface area contributed by atoms with E-state index in [9.17, 15) is 78.0 Å². The SMILES string of the molecule is CCCC[C@H]1C(=O)N(C)[C@@H](CCCC)C(=O)N[C@@H](CCC(=O)O)C(=O)N[C@H](C(=O)CCC(N)=O)CSCC(=O)N[C@@H](Cc2ccc(OC)cc2)C(=O)N(C)[C@@H](C)C(=O)N[C@@H](CC(=O)O)C(=O)N2CCC[C@H]2C(=O)N[C@@H](CN)C(=O)N[C@@H](CCCCN)C(=O)C2C[C@H](O)C[C@H]2C(=O)N[C@@H](Cc2c[nH]c3ccccc23)C(=O)C[C@@H](CCN)C(=O)NC(Cc2cn(CC(=O)O)c3ccccc23)C(=O)N1C. The molecule has 21 N–H and O–H groups in total. The molecule has 3 aliphatic rings. The summed E-state index contributed by atoms with van der Waals surface area (Å²) in [5.74, 6) is -23.6. The van der Waals surface area contributed by atoms with Gasteiger partial charge in [0.1, 0.15) is 66.7 Å². The van der Waals surface area contributed by atoms with Crippen LogP contribution >= 0.6 is 11.8 Å². The molecule has 748 valence electrons. The number of carbonyl (C=O) groups is 19. The standard InChI is InChI=1S/C94H132N18O24S/c1-8-10-23-73-89(130)102-65(31-34-80(118)119)87(128)107-71(76(114)32-33-78(98)116)50-137-51-79(117)100-67(39-53-27-29-58(136-7)30-28-53)91(132)108(4)52(3)84(125)104-69(45-81(120)121)93(134)112-38-18-26-74(112)90(131)106-70(46-97)88(129)101-64(22-16-17-36-95)83(124)61-43-57(113)44-62(61)86(127)103-66(40-55-47-99-63-21-14-12-19-59(55)63)77(115)42-54(35-37-96)85(126)105-68(92(133)110(6)75(24-11-9-2)94(135)109(73)5)41-56-48-111(49-82(122)123)72-25-15-13-20-60(56)72/h12-15,19-21,25,27-30,47-48,52,54,57,61-62,64-71,73-75,99,113H,8-11,16-18,22-24,26,31-46,49-51,95-97H2,1-7H3,(H2,98,116)(H,100,117)(H,101,129)(H,102,130)(H,103,127)(H,104,125)(H,105,126)(H,106,131)(H,107,128)(H,118,119)(H,120,121)(H,122,123)/t52-,54+,57-,61?,62+,64-,65-,66-,67-,68?,69-,70-,71-,73-,74-,75-/m0/s1. The van der Waals surface area contributed by atoms with Crippen LogP contribution in [0.3, 0.4) is 0 Å². The minimum Gasteiger partial charge on any atom is -0.497 e. The molecule has 42 nitrogen and oxygen atoms in total. The number of H-pyrrole nitrogens is 1. The van der Waals surface area contributed by atoms with E-state index in [0.29, 0.717) is 63.5 Å². The number of carboxylic acids is 3. The highest BCUT2D eigenvalue weighted by Crippen LogP contribution is 2.36. The van der Waals surface area contributed by atoms with Crippen molar-refractivity contribution in [1.29, 1.82) is 0 Å². The number of fused-ring (bicyclic) bond motifs is 4. The Hall–Kier alpha value is -12.7. The van der Waals surface area contributed by atoms with E-state index in [0.717, 1.165) is 31.4 Å². The molecule has 0 bridgehead atoms. The van der Waals surface area contributed by atoms with Gasteiger partial charge in [-0.15, -0.1) is 11.8 Å². The summed E-state index contributed by atoms with van der Waals surface area (Å²) < 4.78 is 6.75. The number of methoxy groups -OCH3 is 1. The van der Waals surface area contributed by atoms with Gasteiger partial charge in [0.05, 0.1) is 49.4 Å². The predicted molar refractivity (Wildman–Crippen MR) is 502 cm³/mol. The molecule has 5 aromatic rings. The van der Waals surface area contributed by atoms with Gasteiger partial charge in [-0.05, 0) is 132 Å². The zero-order valence-electron chi connectivity index (χ0n) is 78.4. The number of para-hydroxylation sites is 2. The summed E-state index contributed by atoms with van der Waals surface area (Å²) in [6.07, 6.45) is -2.23. The van der Waals surface area contributed by atoms with Crippen molar-refractivity contribution >= 4 is 146 Å². The number of Topliss-reactive ketones (excluding diaryl/α,β-unsaturated/α-hetero) is 3. The number of rotatable bonds is 31. The number of ether oxygens (including phenoxy) is 1. The zero-order chi connectivity index (χ0) is 101. The Balaban J connectivity index is 1.22. The number of benzene rings is 3. The maximum Gasteiger partial charge on any atom is 0.323 e. The first-order valence-electron chi connectivity index (χ1n) is 46.4. The Kier molecular flexibility index (Phi) is 42.5. The maximum atomic E-state index is 16.0. The van der Waals surface area contributed by atoms with Crippen LogP contribution in [0.1, 0.15) is 166 Å². The summed E-state index contributed by atoms with van der Waals surface area (Å²) >= 11 is 0.747. The van der Waals surface area contributed by atoms with Crippen LogP contribution in [0.4, 0.5) is 0 Å². The third kappa shape index (κ3) is 30.9. The van der Waals surface area contributed by atoms with Crippen molar-refractivity contribution < 1.29 is 116 Å². The number of hydrogen-bond donors (Lipinski definition) is 17. The van der Waals surface area contributed by atoms with Gasteiger partial charge >= 0.3 is 17.9 Å². The molecular formula is C94H132N18O24S. The van der Waals surface area contributed by atoms with Gasteiger partial charge < -0.3 is 120 Å². The van der Waals surface area contributed by atoms with Crippen molar-refractivity contribution in [2.75, 3.05) is 65.9 Å². The third-order valence-electron chi connectivity index (χ3n) is 25.4. The molecule has 137 heavy (non-hydrogen) atoms. The highest BCUT2D eigenvalue weighted by molar-refractivity contribution is 8.00. The van der Waals surface area contributed by atoms with E-state index in [1.165, 1.54) is 45.9 Å². The number of carbonyl (C=O) groups excluding carboxylic acids is 16. The molecule has 8 rings (SSSR count). The lowest BCUT2D eigenvalue weighted by Gasteiger charge is -2.36. The van der Waals surface area contributed by atoms with E-state index in [1.54, 1.807) is 85.9 Å². The van der Waals surface area contributed by atoms with Crippen molar-refractivity contribution in [2.24, 2.45) is 40.7 Å². The number of unbranched alkanes of at least 4 members (excludes halogenated alkanes) is 3. The van der Waals surface area contributed by atoms with Crippen molar-refractivity contribution in [3.05, 3.63) is 102 Å². The number of aliphatic carboxylic acids is 3. The summed E-state index contributed by atoms with van der Waals surface area (Å²) in [6.45, 7) is 3.46. The normalized spacial score (nSPS) is 25.1. The molecule has 3 aromatic carbocycles. The smallest absolute Gasteiger partial charge is 0.323 e. The van der Waals surface area contributed by atoms with E-state index in [1.807, 2.05) is 6.92 Å². The number of aliphatic hydroxyl groups is 1. The van der Waals surface area contributed by atoms with Crippen molar-refractivity contribution in [2.45, 2.75) is 254 Å². The fraction of sp³-hybridized carbons (Fsp3) is 0.564. The van der Waals surface area contributed by atoms with Gasteiger partial charge in [0.2, 0.25) is 76.8 Å². The van der Waals surface area contributed by atoms with Crippen molar-refractivity contribution in [3.63, 3.8) is 0 Å². The molecule has 2 unspecified atom stereocenters. The molecule has 3 fully saturated rings. The largest absolute Gasteiger partial charge is 0.497 e. The van der Waals surface area contributed by atoms with E-state index in [4.69, 9.17) is 27.7 Å². The van der Waals surface area contributed by atoms with Crippen LogP contribution in [0.25, 0.3) is 21.8 Å². The van der Waals surface area contributed by atoms with Gasteiger partial charge in [-0.1, -0.05) is 88.1 Å². The van der Waals surface area contributed by atoms with Gasteiger partial charge in [-0.25, -0.2) is 0 Å². The van der Waals surface area contributed by atoms with E-state index in [-0.39, 0.29) is 110 Å². The highest BCUT2D eigenvalue weighted by atomic mass is 32.2. The topological polar surface area (TPSA) is 648 Å². The summed E-state index contributed by atoms with van der Waals surface area (Å²) in [5, 5.41) is 64.2. The first kappa shape index (κ1) is 110. The number of amides is 13. The predicted octanol–water partition coefficient (Wildman–Crippen LogP) is -0.117. The summed E-state index contributed by atoms with van der Waals surface area (Å²) in [7, 11) is 5.21. The number of aliphatic hydroxyl groups excluding tert-OH is 1. The second-order valence-corrected chi connectivity index (χ2v) is 36.3. The number of nitrogens with two attached hydrogens (primary N) is 4. The van der Waals surface area contributed by atoms with E-state index >= 15 is 33.6 Å². The van der Waals surface area contributed by atoms with Gasteiger partial charge in [0.15, 0.2) is 17.3 Å². The minimum absolute atomic E-state index is 0.0518. The van der Waals surface area contributed by atoms with Crippen molar-refractivity contribution in [3.8, 4) is 5.75 Å². The lowest BCUT2D eigenvalue weighted by atomic mass is 9.85. The lowest BCUT2D eigenvalue weighted by molar-refractivity contribution is -0.149. The molecule has 16 atom stereocenters. The average molecular weight is 1930 g/mol. The number of primary amides is 1. The first-order chi connectivity index (χ1) is 65.3. The van der Waals surface area contributed by atoms with Crippen LogP contribution in [-0.4, -0.2) is 306 Å². The second-order valence-electron chi connectivity index (χ2n) is 35.3. The molecular weight excluding hydrogens is 1800 g/mol. The highest BCUT2D eigenvalue weighted by Gasteiger charge is 2.48. The van der Waals surface area contributed by atoms with Crippen LogP contribution in [0.5, 0.6) is 5.75 Å². The van der Waals surface area contributed by atoms with Crippen LogP contribution in [0.2, 0.25) is 0 Å². The zero-order valence-corrected chi connectivity index (χ0v) is 79.3. The minimum atomic E-state index is -1.90. The fourth-order valence-corrected chi connectivity index (χ4v) is 18.5. The van der Waals surface area contributed by atoms with Crippen LogP contribution in [-0.2, 0) is 117 Å².